The predicted octanol–water partition coefficient (Wildman–Crippen LogP) is 4.67. The van der Waals surface area contributed by atoms with Crippen molar-refractivity contribution in [3.63, 3.8) is 0 Å². The van der Waals surface area contributed by atoms with Crippen molar-refractivity contribution in [1.82, 2.24) is 5.32 Å². The van der Waals surface area contributed by atoms with E-state index in [1.165, 1.54) is 5.57 Å². The highest BCUT2D eigenvalue weighted by Gasteiger charge is 2.60. The number of carbonyl (C=O) groups excluding carboxylic acids is 2. The number of rotatable bonds is 8. The van der Waals surface area contributed by atoms with Crippen LogP contribution in [-0.4, -0.2) is 25.0 Å². The first-order valence-electron chi connectivity index (χ1n) is 10.3. The van der Waals surface area contributed by atoms with Gasteiger partial charge in [-0.1, -0.05) is 55.8 Å². The molecule has 0 heterocycles. The van der Waals surface area contributed by atoms with Crippen LogP contribution in [-0.2, 0) is 4.79 Å². The molecule has 0 aromatic heterocycles. The zero-order chi connectivity index (χ0) is 21.7. The number of para-hydroxylation sites is 2. The Labute approximate surface area is 178 Å². The number of hydrogen-bond acceptors (Lipinski definition) is 3. The smallest absolute Gasteiger partial charge is 0.253 e. The van der Waals surface area contributed by atoms with E-state index >= 15 is 0 Å². The monoisotopic (exact) mass is 406 g/mol. The fourth-order valence-corrected chi connectivity index (χ4v) is 3.79. The number of allylic oxidation sites excluding steroid dienone is 2. The Kier molecular flexibility index (Phi) is 6.60. The molecule has 5 heteroatoms. The van der Waals surface area contributed by atoms with Gasteiger partial charge in [-0.15, -0.1) is 0 Å². The third-order valence-corrected chi connectivity index (χ3v) is 5.54. The molecule has 0 aliphatic heterocycles. The molecule has 158 valence electrons. The van der Waals surface area contributed by atoms with Crippen LogP contribution in [0, 0.1) is 17.3 Å². The summed E-state index contributed by atoms with van der Waals surface area (Å²) in [6.45, 7) is 9.04. The van der Waals surface area contributed by atoms with E-state index in [1.807, 2.05) is 50.2 Å². The lowest BCUT2D eigenvalue weighted by atomic mass is 10.1. The van der Waals surface area contributed by atoms with Gasteiger partial charge in [0.25, 0.3) is 5.91 Å². The van der Waals surface area contributed by atoms with E-state index in [9.17, 15) is 9.59 Å². The number of anilines is 1. The van der Waals surface area contributed by atoms with Gasteiger partial charge in [0.2, 0.25) is 5.91 Å². The number of ether oxygens (including phenoxy) is 1. The first-order valence-corrected chi connectivity index (χ1v) is 10.3. The van der Waals surface area contributed by atoms with E-state index in [-0.39, 0.29) is 29.1 Å². The first kappa shape index (κ1) is 21.6. The van der Waals surface area contributed by atoms with Gasteiger partial charge in [0.1, 0.15) is 12.4 Å². The molecular formula is C25H30N2O3. The minimum Gasteiger partial charge on any atom is -0.492 e. The van der Waals surface area contributed by atoms with Crippen molar-refractivity contribution >= 4 is 17.5 Å². The van der Waals surface area contributed by atoms with E-state index in [2.05, 4.69) is 30.6 Å². The summed E-state index contributed by atoms with van der Waals surface area (Å²) in [5.41, 5.74) is 2.11. The second kappa shape index (κ2) is 9.16. The third kappa shape index (κ3) is 5.09. The summed E-state index contributed by atoms with van der Waals surface area (Å²) in [7, 11) is 0. The van der Waals surface area contributed by atoms with Crippen LogP contribution in [0.25, 0.3) is 0 Å². The maximum absolute atomic E-state index is 12.9. The fraction of sp³-hybridized carbons (Fsp3) is 0.360. The standard InChI is InChI=1S/C25H30N2O3/c1-17(2)16-20-22(25(20,3)4)24(29)27-21-13-9-8-12-19(21)23(28)26-14-15-30-18-10-6-5-7-11-18/h5-13,16,20,22H,14-15H2,1-4H3,(H,26,28)(H,27,29)/t20-,22+/m0/s1. The molecule has 30 heavy (non-hydrogen) atoms. The molecule has 0 unspecified atom stereocenters. The lowest BCUT2D eigenvalue weighted by molar-refractivity contribution is -0.118. The number of benzene rings is 2. The summed E-state index contributed by atoms with van der Waals surface area (Å²) in [5, 5.41) is 5.82. The van der Waals surface area contributed by atoms with E-state index in [0.29, 0.717) is 24.4 Å². The lowest BCUT2D eigenvalue weighted by Gasteiger charge is -2.12. The molecule has 0 saturated heterocycles. The Hall–Kier alpha value is -3.08. The fourth-order valence-electron chi connectivity index (χ4n) is 3.79. The van der Waals surface area contributed by atoms with Crippen molar-refractivity contribution in [2.75, 3.05) is 18.5 Å². The van der Waals surface area contributed by atoms with Crippen molar-refractivity contribution < 1.29 is 14.3 Å². The van der Waals surface area contributed by atoms with Crippen LogP contribution in [0.2, 0.25) is 0 Å². The van der Waals surface area contributed by atoms with E-state index < -0.39 is 0 Å². The predicted molar refractivity (Wildman–Crippen MR) is 120 cm³/mol. The molecule has 2 atom stereocenters. The lowest BCUT2D eigenvalue weighted by Crippen LogP contribution is -2.29. The summed E-state index contributed by atoms with van der Waals surface area (Å²) in [6, 6.07) is 16.5. The van der Waals surface area contributed by atoms with Crippen molar-refractivity contribution in [3.05, 3.63) is 71.8 Å². The van der Waals surface area contributed by atoms with Gasteiger partial charge in [0.05, 0.1) is 23.7 Å². The summed E-state index contributed by atoms with van der Waals surface area (Å²) < 4.78 is 5.60. The minimum atomic E-state index is -0.238. The third-order valence-electron chi connectivity index (χ3n) is 5.54. The summed E-state index contributed by atoms with van der Waals surface area (Å²) in [5.74, 6) is 0.604. The quantitative estimate of drug-likeness (QED) is 0.494. The molecule has 1 saturated carbocycles. The highest BCUT2D eigenvalue weighted by molar-refractivity contribution is 6.05. The second-order valence-corrected chi connectivity index (χ2v) is 8.52. The van der Waals surface area contributed by atoms with E-state index in [0.717, 1.165) is 5.75 Å². The maximum Gasteiger partial charge on any atom is 0.253 e. The van der Waals surface area contributed by atoms with Crippen LogP contribution in [0.3, 0.4) is 0 Å². The van der Waals surface area contributed by atoms with Crippen LogP contribution < -0.4 is 15.4 Å². The maximum atomic E-state index is 12.9. The molecule has 2 N–H and O–H groups in total. The number of nitrogens with one attached hydrogen (secondary N) is 2. The van der Waals surface area contributed by atoms with E-state index in [1.54, 1.807) is 18.2 Å². The molecular weight excluding hydrogens is 376 g/mol. The molecule has 5 nitrogen and oxygen atoms in total. The van der Waals surface area contributed by atoms with Gasteiger partial charge in [-0.25, -0.2) is 0 Å². The van der Waals surface area contributed by atoms with Gasteiger partial charge in [-0.3, -0.25) is 9.59 Å². The summed E-state index contributed by atoms with van der Waals surface area (Å²) in [4.78, 5) is 25.5. The topological polar surface area (TPSA) is 67.4 Å². The second-order valence-electron chi connectivity index (χ2n) is 8.52. The first-order chi connectivity index (χ1) is 14.3. The molecule has 1 aliphatic rings. The largest absolute Gasteiger partial charge is 0.492 e. The Balaban J connectivity index is 1.58. The Morgan fingerprint density at radius 3 is 2.40 bits per heavy atom. The Morgan fingerprint density at radius 2 is 1.70 bits per heavy atom. The van der Waals surface area contributed by atoms with Gasteiger partial charge in [0, 0.05) is 0 Å². The van der Waals surface area contributed by atoms with Gasteiger partial charge < -0.3 is 15.4 Å². The van der Waals surface area contributed by atoms with Crippen LogP contribution in [0.1, 0.15) is 38.1 Å². The van der Waals surface area contributed by atoms with Gasteiger partial charge >= 0.3 is 0 Å². The SMILES string of the molecule is CC(C)=C[C@H]1[C@H](C(=O)Nc2ccccc2C(=O)NCCOc2ccccc2)C1(C)C. The zero-order valence-electron chi connectivity index (χ0n) is 18.1. The number of carbonyl (C=O) groups is 2. The molecule has 0 radical (unpaired) electrons. The van der Waals surface area contributed by atoms with Gasteiger partial charge in [-0.05, 0) is 49.4 Å². The molecule has 0 bridgehead atoms. The number of hydrogen-bond donors (Lipinski definition) is 2. The summed E-state index contributed by atoms with van der Waals surface area (Å²) >= 11 is 0. The van der Waals surface area contributed by atoms with Crippen LogP contribution in [0.15, 0.2) is 66.2 Å². The van der Waals surface area contributed by atoms with Crippen LogP contribution in [0.5, 0.6) is 5.75 Å². The highest BCUT2D eigenvalue weighted by Crippen LogP contribution is 2.59. The molecule has 2 aromatic carbocycles. The number of amides is 2. The van der Waals surface area contributed by atoms with Crippen molar-refractivity contribution in [2.45, 2.75) is 27.7 Å². The minimum absolute atomic E-state index is 0.0461. The van der Waals surface area contributed by atoms with Crippen molar-refractivity contribution in [3.8, 4) is 5.75 Å². The Morgan fingerprint density at radius 1 is 1.03 bits per heavy atom. The van der Waals surface area contributed by atoms with Gasteiger partial charge in [-0.2, -0.15) is 0 Å². The molecule has 1 aliphatic carbocycles. The van der Waals surface area contributed by atoms with Crippen molar-refractivity contribution in [1.29, 1.82) is 0 Å². The zero-order valence-corrected chi connectivity index (χ0v) is 18.1. The van der Waals surface area contributed by atoms with E-state index in [4.69, 9.17) is 4.74 Å². The molecule has 2 aromatic rings. The summed E-state index contributed by atoms with van der Waals surface area (Å²) in [6.07, 6.45) is 2.16. The van der Waals surface area contributed by atoms with Gasteiger partial charge in [0.15, 0.2) is 0 Å². The highest BCUT2D eigenvalue weighted by atomic mass is 16.5. The molecule has 0 spiro atoms. The normalized spacial score (nSPS) is 18.8. The molecule has 2 amide bonds. The average Bonchev–Trinajstić information content (AvgIpc) is 3.25. The van der Waals surface area contributed by atoms with Crippen LogP contribution in [0.4, 0.5) is 5.69 Å². The Bertz CT molecular complexity index is 930. The molecule has 1 fully saturated rings. The molecule has 3 rings (SSSR count). The van der Waals surface area contributed by atoms with Crippen molar-refractivity contribution in [2.24, 2.45) is 17.3 Å². The average molecular weight is 407 g/mol. The van der Waals surface area contributed by atoms with Crippen LogP contribution >= 0.6 is 0 Å².